The van der Waals surface area contributed by atoms with Crippen molar-refractivity contribution in [3.05, 3.63) is 39.3 Å². The highest BCUT2D eigenvalue weighted by molar-refractivity contribution is 7.13. The van der Waals surface area contributed by atoms with Crippen LogP contribution in [-0.2, 0) is 0 Å². The summed E-state index contributed by atoms with van der Waals surface area (Å²) < 4.78 is 0. The molecule has 3 rings (SSSR count). The maximum Gasteiger partial charge on any atom is 0.270 e. The van der Waals surface area contributed by atoms with Crippen LogP contribution in [0.25, 0.3) is 10.6 Å². The number of nitrogens with zero attached hydrogens (tertiary/aromatic N) is 1. The Kier molecular flexibility index (Phi) is 5.54. The van der Waals surface area contributed by atoms with Crippen molar-refractivity contribution in [1.82, 2.24) is 15.6 Å². The average molecular weight is 370 g/mol. The number of benzene rings is 1. The van der Waals surface area contributed by atoms with Crippen LogP contribution < -0.4 is 10.6 Å². The van der Waals surface area contributed by atoms with Crippen molar-refractivity contribution in [2.24, 2.45) is 5.92 Å². The number of carbonyl (C=O) groups is 1. The minimum atomic E-state index is -0.152. The molecule has 23 heavy (non-hydrogen) atoms. The van der Waals surface area contributed by atoms with E-state index in [-0.39, 0.29) is 5.91 Å². The first-order valence-corrected chi connectivity index (χ1v) is 9.17. The van der Waals surface area contributed by atoms with E-state index in [4.69, 9.17) is 23.2 Å². The van der Waals surface area contributed by atoms with Crippen LogP contribution in [0.5, 0.6) is 0 Å². The van der Waals surface area contributed by atoms with E-state index in [1.807, 2.05) is 0 Å². The number of hydrogen-bond donors (Lipinski definition) is 2. The Balaban J connectivity index is 1.67. The Bertz CT molecular complexity index is 678. The van der Waals surface area contributed by atoms with Gasteiger partial charge in [0.1, 0.15) is 10.7 Å². The van der Waals surface area contributed by atoms with Crippen molar-refractivity contribution in [3.8, 4) is 10.6 Å². The minimum absolute atomic E-state index is 0.152. The molecule has 1 fully saturated rings. The molecule has 2 N–H and O–H groups in total. The van der Waals surface area contributed by atoms with Gasteiger partial charge in [-0.15, -0.1) is 11.3 Å². The van der Waals surface area contributed by atoms with Gasteiger partial charge in [0.05, 0.1) is 10.0 Å². The SMILES string of the molecule is O=C(NCC1CCCNC1)c1csc(-c2c(Cl)cccc2Cl)n1. The van der Waals surface area contributed by atoms with Crippen molar-refractivity contribution < 1.29 is 4.79 Å². The zero-order valence-corrected chi connectivity index (χ0v) is 14.8. The molecule has 2 aromatic rings. The highest BCUT2D eigenvalue weighted by Gasteiger charge is 2.18. The molecule has 0 saturated carbocycles. The molecule has 1 unspecified atom stereocenters. The highest BCUT2D eigenvalue weighted by Crippen LogP contribution is 2.36. The standard InChI is InChI=1S/C16H17Cl2N3OS/c17-11-4-1-5-12(18)14(11)16-21-13(9-23-16)15(22)20-8-10-3-2-6-19-7-10/h1,4-5,9-10,19H,2-3,6-8H2,(H,20,22). The molecule has 1 aromatic heterocycles. The molecule has 0 aliphatic carbocycles. The fourth-order valence-electron chi connectivity index (χ4n) is 2.62. The van der Waals surface area contributed by atoms with Gasteiger partial charge in [0.25, 0.3) is 5.91 Å². The van der Waals surface area contributed by atoms with Crippen LogP contribution in [0.1, 0.15) is 23.3 Å². The number of halogens is 2. The van der Waals surface area contributed by atoms with Gasteiger partial charge in [-0.3, -0.25) is 4.79 Å². The molecule has 2 heterocycles. The number of hydrogen-bond acceptors (Lipinski definition) is 4. The molecule has 0 bridgehead atoms. The second-order valence-corrected chi connectivity index (χ2v) is 7.23. The summed E-state index contributed by atoms with van der Waals surface area (Å²) >= 11 is 13.7. The lowest BCUT2D eigenvalue weighted by molar-refractivity contribution is 0.0940. The molecule has 1 aromatic carbocycles. The largest absolute Gasteiger partial charge is 0.350 e. The van der Waals surface area contributed by atoms with Crippen LogP contribution in [0.2, 0.25) is 10.0 Å². The normalized spacial score (nSPS) is 17.9. The molecular weight excluding hydrogens is 353 g/mol. The fourth-order valence-corrected chi connectivity index (χ4v) is 4.18. The summed E-state index contributed by atoms with van der Waals surface area (Å²) in [7, 11) is 0. The van der Waals surface area contributed by atoms with E-state index >= 15 is 0 Å². The average Bonchev–Trinajstić information content (AvgIpc) is 3.03. The summed E-state index contributed by atoms with van der Waals surface area (Å²) in [4.78, 5) is 16.6. The molecule has 7 heteroatoms. The molecular formula is C16H17Cl2N3OS. The van der Waals surface area contributed by atoms with Crippen molar-refractivity contribution in [1.29, 1.82) is 0 Å². The van der Waals surface area contributed by atoms with Crippen molar-refractivity contribution in [3.63, 3.8) is 0 Å². The van der Waals surface area contributed by atoms with E-state index in [2.05, 4.69) is 15.6 Å². The van der Waals surface area contributed by atoms with E-state index in [0.29, 0.717) is 38.8 Å². The van der Waals surface area contributed by atoms with Crippen LogP contribution >= 0.6 is 34.5 Å². The van der Waals surface area contributed by atoms with Gasteiger partial charge in [0, 0.05) is 17.5 Å². The second kappa shape index (κ2) is 7.62. The first kappa shape index (κ1) is 16.7. The molecule has 1 amide bonds. The number of rotatable bonds is 4. The first-order valence-electron chi connectivity index (χ1n) is 7.54. The third-order valence-electron chi connectivity index (χ3n) is 3.86. The summed E-state index contributed by atoms with van der Waals surface area (Å²) in [6, 6.07) is 5.31. The van der Waals surface area contributed by atoms with Gasteiger partial charge < -0.3 is 10.6 Å². The lowest BCUT2D eigenvalue weighted by atomic mass is 10.00. The number of thiazole rings is 1. The maximum absolute atomic E-state index is 12.2. The molecule has 4 nitrogen and oxygen atoms in total. The molecule has 1 aliphatic rings. The molecule has 1 aliphatic heterocycles. The second-order valence-electron chi connectivity index (χ2n) is 5.56. The predicted molar refractivity (Wildman–Crippen MR) is 95.5 cm³/mol. The van der Waals surface area contributed by atoms with Crippen LogP contribution in [-0.4, -0.2) is 30.5 Å². The summed E-state index contributed by atoms with van der Waals surface area (Å²) in [5.41, 5.74) is 1.08. The fraction of sp³-hybridized carbons (Fsp3) is 0.375. The molecule has 1 atom stereocenters. The zero-order valence-electron chi connectivity index (χ0n) is 12.4. The summed E-state index contributed by atoms with van der Waals surface area (Å²) in [5.74, 6) is 0.338. The van der Waals surface area contributed by atoms with Gasteiger partial charge >= 0.3 is 0 Å². The van der Waals surface area contributed by atoms with Crippen molar-refractivity contribution >= 4 is 40.4 Å². The van der Waals surface area contributed by atoms with E-state index < -0.39 is 0 Å². The van der Waals surface area contributed by atoms with Crippen molar-refractivity contribution in [2.75, 3.05) is 19.6 Å². The van der Waals surface area contributed by atoms with Gasteiger partial charge in [-0.2, -0.15) is 0 Å². The molecule has 0 spiro atoms. The van der Waals surface area contributed by atoms with Crippen LogP contribution in [0.3, 0.4) is 0 Å². The number of nitrogens with one attached hydrogen (secondary N) is 2. The van der Waals surface area contributed by atoms with E-state index in [9.17, 15) is 4.79 Å². The summed E-state index contributed by atoms with van der Waals surface area (Å²) in [6.45, 7) is 2.70. The Morgan fingerprint density at radius 2 is 2.17 bits per heavy atom. The zero-order chi connectivity index (χ0) is 16.2. The van der Waals surface area contributed by atoms with Crippen LogP contribution in [0, 0.1) is 5.92 Å². The van der Waals surface area contributed by atoms with Gasteiger partial charge in [-0.1, -0.05) is 29.3 Å². The van der Waals surface area contributed by atoms with Crippen LogP contribution in [0.15, 0.2) is 23.6 Å². The first-order chi connectivity index (χ1) is 11.1. The number of piperidine rings is 1. The van der Waals surface area contributed by atoms with E-state index in [0.717, 1.165) is 25.9 Å². The van der Waals surface area contributed by atoms with Crippen LogP contribution in [0.4, 0.5) is 0 Å². The molecule has 122 valence electrons. The van der Waals surface area contributed by atoms with Gasteiger partial charge in [0.15, 0.2) is 0 Å². The van der Waals surface area contributed by atoms with Gasteiger partial charge in [0.2, 0.25) is 0 Å². The number of aromatic nitrogens is 1. The van der Waals surface area contributed by atoms with Gasteiger partial charge in [-0.05, 0) is 44.0 Å². The summed E-state index contributed by atoms with van der Waals surface area (Å²) in [6.07, 6.45) is 2.30. The Morgan fingerprint density at radius 3 is 2.87 bits per heavy atom. The number of carbonyl (C=O) groups excluding carboxylic acids is 1. The highest BCUT2D eigenvalue weighted by atomic mass is 35.5. The smallest absolute Gasteiger partial charge is 0.270 e. The Hall–Kier alpha value is -1.14. The predicted octanol–water partition coefficient (Wildman–Crippen LogP) is 3.85. The maximum atomic E-state index is 12.2. The Morgan fingerprint density at radius 1 is 1.39 bits per heavy atom. The van der Waals surface area contributed by atoms with E-state index in [1.54, 1.807) is 23.6 Å². The quantitative estimate of drug-likeness (QED) is 0.860. The van der Waals surface area contributed by atoms with Crippen molar-refractivity contribution in [2.45, 2.75) is 12.8 Å². The lowest BCUT2D eigenvalue weighted by Crippen LogP contribution is -2.38. The molecule has 1 saturated heterocycles. The van der Waals surface area contributed by atoms with E-state index in [1.165, 1.54) is 11.3 Å². The Labute approximate surface area is 149 Å². The summed E-state index contributed by atoms with van der Waals surface area (Å²) in [5, 5.41) is 9.77. The third-order valence-corrected chi connectivity index (χ3v) is 5.35. The molecule has 0 radical (unpaired) electrons. The number of amides is 1. The lowest BCUT2D eigenvalue weighted by Gasteiger charge is -2.22. The monoisotopic (exact) mass is 369 g/mol. The minimum Gasteiger partial charge on any atom is -0.350 e. The third kappa shape index (κ3) is 4.04. The van der Waals surface area contributed by atoms with Gasteiger partial charge in [-0.25, -0.2) is 4.98 Å². The topological polar surface area (TPSA) is 54.0 Å².